The Morgan fingerprint density at radius 2 is 1.55 bits per heavy atom. The third kappa shape index (κ3) is 9.14. The van der Waals surface area contributed by atoms with Gasteiger partial charge in [0.25, 0.3) is 11.8 Å². The van der Waals surface area contributed by atoms with E-state index in [9.17, 15) is 14.4 Å². The number of hydrogen-bond acceptors (Lipinski definition) is 6. The molecule has 0 aliphatic carbocycles. The van der Waals surface area contributed by atoms with E-state index >= 15 is 0 Å². The minimum absolute atomic E-state index is 0.185. The maximum atomic E-state index is 13.0. The van der Waals surface area contributed by atoms with E-state index in [2.05, 4.69) is 15.6 Å². The number of ether oxygens (including phenoxy) is 1. The van der Waals surface area contributed by atoms with Crippen LogP contribution in [0.1, 0.15) is 47.9 Å². The lowest BCUT2D eigenvalue weighted by Crippen LogP contribution is -2.35. The van der Waals surface area contributed by atoms with Crippen molar-refractivity contribution in [1.29, 1.82) is 0 Å². The van der Waals surface area contributed by atoms with Crippen molar-refractivity contribution >= 4 is 58.3 Å². The van der Waals surface area contributed by atoms with Crippen molar-refractivity contribution in [2.75, 3.05) is 42.7 Å². The van der Waals surface area contributed by atoms with Crippen molar-refractivity contribution in [3.63, 3.8) is 0 Å². The summed E-state index contributed by atoms with van der Waals surface area (Å²) in [5.74, 6) is -0.557. The average Bonchev–Trinajstić information content (AvgIpc) is 2.89. The molecule has 0 atom stereocenters. The van der Waals surface area contributed by atoms with Crippen LogP contribution in [0.4, 0.5) is 22.0 Å². The smallest absolute Gasteiger partial charge is 0.410 e. The number of nitrogens with one attached hydrogen (secondary N) is 2. The second-order valence-corrected chi connectivity index (χ2v) is 11.1. The van der Waals surface area contributed by atoms with E-state index in [0.717, 1.165) is 12.1 Å². The Labute approximate surface area is 244 Å². The molecule has 1 aromatic heterocycles. The van der Waals surface area contributed by atoms with E-state index in [0.29, 0.717) is 40.2 Å². The molecule has 0 radical (unpaired) electrons. The van der Waals surface area contributed by atoms with Gasteiger partial charge in [0.05, 0.1) is 16.3 Å². The first-order valence-electron chi connectivity index (χ1n) is 12.6. The van der Waals surface area contributed by atoms with Gasteiger partial charge in [-0.15, -0.1) is 0 Å². The third-order valence-electron chi connectivity index (χ3n) is 5.71. The molecule has 0 fully saturated rings. The minimum Gasteiger partial charge on any atom is -0.444 e. The van der Waals surface area contributed by atoms with Gasteiger partial charge in [-0.1, -0.05) is 23.2 Å². The number of rotatable bonds is 9. The number of aromatic nitrogens is 1. The Bertz CT molecular complexity index is 1340. The van der Waals surface area contributed by atoms with Crippen LogP contribution in [0, 0.1) is 0 Å². The lowest BCUT2D eigenvalue weighted by atomic mass is 10.1. The van der Waals surface area contributed by atoms with Crippen LogP contribution in [0.5, 0.6) is 0 Å². The Morgan fingerprint density at radius 1 is 0.875 bits per heavy atom. The predicted octanol–water partition coefficient (Wildman–Crippen LogP) is 6.59. The summed E-state index contributed by atoms with van der Waals surface area (Å²) in [6.07, 6.45) is 1.80. The SMILES string of the molecule is CN(CCCN(C)c1ccc(C(=O)Nc2ccc(Cl)cc2C(=O)Nc2ccc(Cl)cn2)cc1)C(=O)OC(C)(C)C. The first-order chi connectivity index (χ1) is 18.8. The summed E-state index contributed by atoms with van der Waals surface area (Å²) in [6, 6.07) is 14.9. The minimum atomic E-state index is -0.535. The van der Waals surface area contributed by atoms with E-state index in [1.165, 1.54) is 12.3 Å². The molecule has 0 aliphatic rings. The van der Waals surface area contributed by atoms with Crippen molar-refractivity contribution in [2.45, 2.75) is 32.8 Å². The highest BCUT2D eigenvalue weighted by molar-refractivity contribution is 6.31. The van der Waals surface area contributed by atoms with Gasteiger partial charge in [0, 0.05) is 49.7 Å². The number of benzene rings is 2. The average molecular weight is 587 g/mol. The summed E-state index contributed by atoms with van der Waals surface area (Å²) >= 11 is 12.0. The van der Waals surface area contributed by atoms with Gasteiger partial charge < -0.3 is 25.2 Å². The van der Waals surface area contributed by atoms with Crippen LogP contribution in [-0.2, 0) is 4.74 Å². The van der Waals surface area contributed by atoms with Gasteiger partial charge in [0.2, 0.25) is 0 Å². The number of carbonyl (C=O) groups excluding carboxylic acids is 3. The molecule has 3 amide bonds. The molecule has 40 heavy (non-hydrogen) atoms. The molecular weight excluding hydrogens is 553 g/mol. The fourth-order valence-electron chi connectivity index (χ4n) is 3.61. The lowest BCUT2D eigenvalue weighted by Gasteiger charge is -2.25. The molecule has 0 unspecified atom stereocenters. The topological polar surface area (TPSA) is 104 Å². The van der Waals surface area contributed by atoms with Crippen LogP contribution in [0.15, 0.2) is 60.8 Å². The molecule has 0 aliphatic heterocycles. The number of anilines is 3. The molecule has 0 saturated heterocycles. The van der Waals surface area contributed by atoms with E-state index in [1.807, 2.05) is 44.9 Å². The molecule has 3 rings (SSSR count). The van der Waals surface area contributed by atoms with Crippen LogP contribution in [0.2, 0.25) is 10.0 Å². The number of amides is 3. The molecule has 3 aromatic rings. The highest BCUT2D eigenvalue weighted by Gasteiger charge is 2.20. The zero-order valence-corrected chi connectivity index (χ0v) is 24.6. The predicted molar refractivity (Wildman–Crippen MR) is 160 cm³/mol. The standard InChI is InChI=1S/C29H33Cl2N5O4/c1-29(2,3)40-28(39)36(5)16-6-15-35(4)22-11-7-19(8-12-22)26(37)33-24-13-9-20(30)17-23(24)27(38)34-25-14-10-21(31)18-32-25/h7-14,17-18H,6,15-16H2,1-5H3,(H,33,37)(H,32,34,38). The van der Waals surface area contributed by atoms with Gasteiger partial charge in [0.15, 0.2) is 0 Å². The Balaban J connectivity index is 1.59. The van der Waals surface area contributed by atoms with Gasteiger partial charge in [-0.05, 0) is 81.8 Å². The van der Waals surface area contributed by atoms with Crippen LogP contribution >= 0.6 is 23.2 Å². The first-order valence-corrected chi connectivity index (χ1v) is 13.4. The zero-order valence-electron chi connectivity index (χ0n) is 23.1. The fourth-order valence-corrected chi connectivity index (χ4v) is 3.90. The summed E-state index contributed by atoms with van der Waals surface area (Å²) in [5, 5.41) is 6.25. The maximum absolute atomic E-state index is 13.0. The normalized spacial score (nSPS) is 11.0. The molecule has 0 bridgehead atoms. The van der Waals surface area contributed by atoms with Gasteiger partial charge in [-0.3, -0.25) is 9.59 Å². The van der Waals surface area contributed by atoms with Crippen molar-refractivity contribution in [1.82, 2.24) is 9.88 Å². The second kappa shape index (κ2) is 13.5. The number of nitrogens with zero attached hydrogens (tertiary/aromatic N) is 3. The highest BCUT2D eigenvalue weighted by Crippen LogP contribution is 2.23. The van der Waals surface area contributed by atoms with Crippen LogP contribution in [0.3, 0.4) is 0 Å². The van der Waals surface area contributed by atoms with Crippen molar-refractivity contribution < 1.29 is 19.1 Å². The molecule has 2 aromatic carbocycles. The number of hydrogen-bond donors (Lipinski definition) is 2. The second-order valence-electron chi connectivity index (χ2n) is 10.2. The van der Waals surface area contributed by atoms with E-state index < -0.39 is 11.5 Å². The van der Waals surface area contributed by atoms with Crippen molar-refractivity contribution in [3.05, 3.63) is 82.0 Å². The number of carbonyl (C=O) groups is 3. The monoisotopic (exact) mass is 585 g/mol. The van der Waals surface area contributed by atoms with E-state index in [-0.39, 0.29) is 17.6 Å². The van der Waals surface area contributed by atoms with Crippen molar-refractivity contribution in [2.24, 2.45) is 0 Å². The quantitative estimate of drug-likeness (QED) is 0.293. The largest absolute Gasteiger partial charge is 0.444 e. The van der Waals surface area contributed by atoms with Crippen LogP contribution in [-0.4, -0.2) is 60.6 Å². The third-order valence-corrected chi connectivity index (χ3v) is 6.16. The summed E-state index contributed by atoms with van der Waals surface area (Å²) in [5.41, 5.74) is 1.29. The molecule has 212 valence electrons. The highest BCUT2D eigenvalue weighted by atomic mass is 35.5. The van der Waals surface area contributed by atoms with E-state index in [4.69, 9.17) is 27.9 Å². The molecule has 2 N–H and O–H groups in total. The maximum Gasteiger partial charge on any atom is 0.410 e. The zero-order chi connectivity index (χ0) is 29.4. The van der Waals surface area contributed by atoms with Crippen molar-refractivity contribution in [3.8, 4) is 0 Å². The Morgan fingerprint density at radius 3 is 2.17 bits per heavy atom. The molecule has 9 nitrogen and oxygen atoms in total. The Kier molecular flexibility index (Phi) is 10.4. The molecule has 0 spiro atoms. The van der Waals surface area contributed by atoms with Gasteiger partial charge in [-0.25, -0.2) is 9.78 Å². The van der Waals surface area contributed by atoms with Gasteiger partial charge >= 0.3 is 6.09 Å². The summed E-state index contributed by atoms with van der Waals surface area (Å²) in [7, 11) is 3.66. The fraction of sp³-hybridized carbons (Fsp3) is 0.310. The molecule has 11 heteroatoms. The first kappa shape index (κ1) is 30.7. The number of halogens is 2. The van der Waals surface area contributed by atoms with Crippen LogP contribution < -0.4 is 15.5 Å². The summed E-state index contributed by atoms with van der Waals surface area (Å²) in [6.45, 7) is 6.75. The number of pyridine rings is 1. The molecular formula is C29H33Cl2N5O4. The summed E-state index contributed by atoms with van der Waals surface area (Å²) in [4.78, 5) is 45.7. The molecule has 1 heterocycles. The Hall–Kier alpha value is -3.82. The summed E-state index contributed by atoms with van der Waals surface area (Å²) < 4.78 is 5.38. The lowest BCUT2D eigenvalue weighted by molar-refractivity contribution is 0.0298. The van der Waals surface area contributed by atoms with E-state index in [1.54, 1.807) is 48.3 Å². The molecule has 0 saturated carbocycles. The van der Waals surface area contributed by atoms with Crippen LogP contribution in [0.25, 0.3) is 0 Å². The van der Waals surface area contributed by atoms with Gasteiger partial charge in [-0.2, -0.15) is 0 Å². The van der Waals surface area contributed by atoms with Gasteiger partial charge in [0.1, 0.15) is 11.4 Å².